The summed E-state index contributed by atoms with van der Waals surface area (Å²) in [6.45, 7) is 12.5. The van der Waals surface area contributed by atoms with Gasteiger partial charge in [-0.1, -0.05) is 0 Å². The minimum absolute atomic E-state index is 0.544. The summed E-state index contributed by atoms with van der Waals surface area (Å²) in [6.07, 6.45) is -0.759. The summed E-state index contributed by atoms with van der Waals surface area (Å²) < 4.78 is 6.75. The first-order valence-corrected chi connectivity index (χ1v) is 7.18. The summed E-state index contributed by atoms with van der Waals surface area (Å²) >= 11 is 0. The molecule has 2 N–H and O–H groups in total. The van der Waals surface area contributed by atoms with Crippen molar-refractivity contribution in [3.8, 4) is 0 Å². The summed E-state index contributed by atoms with van der Waals surface area (Å²) in [5.74, 6) is -1.14. The van der Waals surface area contributed by atoms with Gasteiger partial charge in [-0.2, -0.15) is 5.10 Å². The van der Waals surface area contributed by atoms with E-state index in [0.717, 1.165) is 17.0 Å². The molecule has 0 bridgehead atoms. The molecule has 0 aliphatic carbocycles. The van der Waals surface area contributed by atoms with Gasteiger partial charge in [0.1, 0.15) is 5.60 Å². The van der Waals surface area contributed by atoms with Gasteiger partial charge in [0.2, 0.25) is 0 Å². The number of ether oxygens (including phenoxy) is 1. The van der Waals surface area contributed by atoms with E-state index in [9.17, 15) is 14.7 Å². The lowest BCUT2D eigenvalue weighted by atomic mass is 10.1. The van der Waals surface area contributed by atoms with E-state index >= 15 is 0 Å². The molecule has 124 valence electrons. The number of rotatable bonds is 4. The van der Waals surface area contributed by atoms with Crippen LogP contribution in [0.1, 0.15) is 50.7 Å². The highest BCUT2D eigenvalue weighted by Gasteiger charge is 2.31. The third-order valence-electron chi connectivity index (χ3n) is 3.49. The average molecular weight is 311 g/mol. The highest BCUT2D eigenvalue weighted by atomic mass is 16.6. The van der Waals surface area contributed by atoms with Gasteiger partial charge >= 0.3 is 12.1 Å². The summed E-state index contributed by atoms with van der Waals surface area (Å²) in [6, 6.07) is -1.68. The van der Waals surface area contributed by atoms with Crippen molar-refractivity contribution in [2.45, 2.75) is 66.2 Å². The number of hydrogen-bond acceptors (Lipinski definition) is 4. The second kappa shape index (κ2) is 6.37. The molecule has 7 nitrogen and oxygen atoms in total. The number of aryl methyl sites for hydroxylation is 1. The third kappa shape index (κ3) is 4.22. The van der Waals surface area contributed by atoms with E-state index in [2.05, 4.69) is 10.4 Å². The van der Waals surface area contributed by atoms with E-state index in [1.807, 2.05) is 20.8 Å². The molecule has 0 fully saturated rings. The van der Waals surface area contributed by atoms with Crippen molar-refractivity contribution in [1.82, 2.24) is 15.1 Å². The molecule has 0 aliphatic rings. The molecule has 22 heavy (non-hydrogen) atoms. The predicted octanol–water partition coefficient (Wildman–Crippen LogP) is 2.35. The number of nitrogens with zero attached hydrogens (tertiary/aromatic N) is 2. The maximum Gasteiger partial charge on any atom is 0.408 e. The third-order valence-corrected chi connectivity index (χ3v) is 3.49. The zero-order valence-electron chi connectivity index (χ0n) is 14.2. The van der Waals surface area contributed by atoms with Crippen molar-refractivity contribution in [2.75, 3.05) is 0 Å². The lowest BCUT2D eigenvalue weighted by molar-refractivity contribution is -0.140. The van der Waals surface area contributed by atoms with Crippen molar-refractivity contribution in [2.24, 2.45) is 0 Å². The Bertz CT molecular complexity index is 572. The topological polar surface area (TPSA) is 93.5 Å². The number of carboxylic acids is 1. The fraction of sp³-hybridized carbons (Fsp3) is 0.667. The van der Waals surface area contributed by atoms with E-state index in [1.165, 1.54) is 0 Å². The van der Waals surface area contributed by atoms with Gasteiger partial charge in [-0.3, -0.25) is 4.68 Å². The zero-order valence-corrected chi connectivity index (χ0v) is 14.2. The van der Waals surface area contributed by atoms with E-state index in [-0.39, 0.29) is 0 Å². The summed E-state index contributed by atoms with van der Waals surface area (Å²) in [7, 11) is 0. The van der Waals surface area contributed by atoms with Gasteiger partial charge in [0.25, 0.3) is 0 Å². The molecule has 1 aromatic heterocycles. The fourth-order valence-corrected chi connectivity index (χ4v) is 2.11. The number of carboxylic acid groups (broad SMARTS) is 1. The molecule has 1 aromatic rings. The first-order valence-electron chi connectivity index (χ1n) is 7.18. The summed E-state index contributed by atoms with van der Waals surface area (Å²) in [4.78, 5) is 23.3. The van der Waals surface area contributed by atoms with Gasteiger partial charge in [0.05, 0.1) is 11.7 Å². The molecule has 7 heteroatoms. The zero-order chi connectivity index (χ0) is 17.2. The van der Waals surface area contributed by atoms with Gasteiger partial charge in [0, 0.05) is 5.69 Å². The Morgan fingerprint density at radius 1 is 1.27 bits per heavy atom. The second-order valence-electron chi connectivity index (χ2n) is 6.44. The minimum Gasteiger partial charge on any atom is -0.480 e. The Hall–Kier alpha value is -2.05. The summed E-state index contributed by atoms with van der Waals surface area (Å²) in [5, 5.41) is 16.2. The Balaban J connectivity index is 2.98. The van der Waals surface area contributed by atoms with Gasteiger partial charge < -0.3 is 15.2 Å². The van der Waals surface area contributed by atoms with E-state index in [4.69, 9.17) is 4.74 Å². The first kappa shape index (κ1) is 18.0. The molecule has 1 amide bonds. The van der Waals surface area contributed by atoms with Crippen LogP contribution in [0.2, 0.25) is 0 Å². The average Bonchev–Trinajstić information content (AvgIpc) is 2.60. The van der Waals surface area contributed by atoms with Crippen LogP contribution in [0, 0.1) is 20.8 Å². The molecule has 1 rings (SSSR count). The van der Waals surface area contributed by atoms with Gasteiger partial charge in [-0.15, -0.1) is 0 Å². The molecular formula is C15H25N3O4. The Morgan fingerprint density at radius 3 is 2.18 bits per heavy atom. The van der Waals surface area contributed by atoms with Crippen LogP contribution in [0.3, 0.4) is 0 Å². The molecule has 0 saturated heterocycles. The molecule has 0 spiro atoms. The van der Waals surface area contributed by atoms with Crippen LogP contribution >= 0.6 is 0 Å². The van der Waals surface area contributed by atoms with Crippen LogP contribution in [0.15, 0.2) is 0 Å². The quantitative estimate of drug-likeness (QED) is 0.890. The van der Waals surface area contributed by atoms with Gasteiger partial charge in [-0.05, 0) is 54.0 Å². The van der Waals surface area contributed by atoms with Crippen LogP contribution in [-0.4, -0.2) is 38.6 Å². The van der Waals surface area contributed by atoms with Crippen molar-refractivity contribution in [3.05, 3.63) is 17.0 Å². The molecule has 0 aromatic carbocycles. The first-order chi connectivity index (χ1) is 9.94. The standard InChI is InChI=1S/C15H25N3O4/c1-8-9(2)17-18(10(8)3)11(4)12(13(19)20)16-14(21)22-15(5,6)7/h11-12H,1-7H3,(H,16,21)(H,19,20). The van der Waals surface area contributed by atoms with Crippen LogP contribution in [-0.2, 0) is 9.53 Å². The lowest BCUT2D eigenvalue weighted by Crippen LogP contribution is -2.47. The SMILES string of the molecule is Cc1nn(C(C)C(NC(=O)OC(C)(C)C)C(=O)O)c(C)c1C. The molecule has 0 radical (unpaired) electrons. The maximum absolute atomic E-state index is 11.8. The lowest BCUT2D eigenvalue weighted by Gasteiger charge is -2.25. The van der Waals surface area contributed by atoms with E-state index < -0.39 is 29.7 Å². The molecular weight excluding hydrogens is 286 g/mol. The molecule has 2 atom stereocenters. The number of nitrogens with one attached hydrogen (secondary N) is 1. The Labute approximate surface area is 130 Å². The normalized spacial score (nSPS) is 14.3. The van der Waals surface area contributed by atoms with Crippen LogP contribution in [0.5, 0.6) is 0 Å². The number of aliphatic carboxylic acids is 1. The van der Waals surface area contributed by atoms with Gasteiger partial charge in [0.15, 0.2) is 6.04 Å². The molecule has 0 aliphatic heterocycles. The van der Waals surface area contributed by atoms with Crippen molar-refractivity contribution in [3.63, 3.8) is 0 Å². The monoisotopic (exact) mass is 311 g/mol. The Kier molecular flexibility index (Phi) is 5.22. The van der Waals surface area contributed by atoms with E-state index in [1.54, 1.807) is 32.4 Å². The molecule has 1 heterocycles. The highest BCUT2D eigenvalue weighted by molar-refractivity contribution is 5.80. The van der Waals surface area contributed by atoms with Crippen molar-refractivity contribution in [1.29, 1.82) is 0 Å². The van der Waals surface area contributed by atoms with Gasteiger partial charge in [-0.25, -0.2) is 9.59 Å². The predicted molar refractivity (Wildman–Crippen MR) is 81.9 cm³/mol. The fourth-order valence-electron chi connectivity index (χ4n) is 2.11. The summed E-state index contributed by atoms with van der Waals surface area (Å²) in [5.41, 5.74) is 2.03. The minimum atomic E-state index is -1.14. The van der Waals surface area contributed by atoms with Crippen molar-refractivity contribution < 1.29 is 19.4 Å². The molecule has 2 unspecified atom stereocenters. The smallest absolute Gasteiger partial charge is 0.408 e. The van der Waals surface area contributed by atoms with Crippen LogP contribution in [0.25, 0.3) is 0 Å². The number of hydrogen-bond donors (Lipinski definition) is 2. The second-order valence-corrected chi connectivity index (χ2v) is 6.44. The van der Waals surface area contributed by atoms with Crippen molar-refractivity contribution >= 4 is 12.1 Å². The number of aromatic nitrogens is 2. The number of amides is 1. The largest absolute Gasteiger partial charge is 0.480 e. The Morgan fingerprint density at radius 2 is 1.82 bits per heavy atom. The van der Waals surface area contributed by atoms with Crippen LogP contribution < -0.4 is 5.32 Å². The number of carbonyl (C=O) groups excluding carboxylic acids is 1. The number of carbonyl (C=O) groups is 2. The highest BCUT2D eigenvalue weighted by Crippen LogP contribution is 2.19. The van der Waals surface area contributed by atoms with Crippen LogP contribution in [0.4, 0.5) is 4.79 Å². The number of alkyl carbamates (subject to hydrolysis) is 1. The maximum atomic E-state index is 11.8. The van der Waals surface area contributed by atoms with E-state index in [0.29, 0.717) is 0 Å². The molecule has 0 saturated carbocycles.